The summed E-state index contributed by atoms with van der Waals surface area (Å²) in [6.45, 7) is 6.72. The second-order valence-electron chi connectivity index (χ2n) is 7.71. The zero-order valence-electron chi connectivity index (χ0n) is 18.2. The highest BCUT2D eigenvalue weighted by atomic mass is 35.5. The second kappa shape index (κ2) is 10.8. The van der Waals surface area contributed by atoms with Crippen LogP contribution in [0.2, 0.25) is 5.02 Å². The lowest BCUT2D eigenvalue weighted by Gasteiger charge is -2.08. The summed E-state index contributed by atoms with van der Waals surface area (Å²) >= 11 is 6.68. The molecule has 3 aromatic rings. The van der Waals surface area contributed by atoms with Crippen molar-refractivity contribution in [1.29, 1.82) is 0 Å². The summed E-state index contributed by atoms with van der Waals surface area (Å²) < 4.78 is 1.62. The first-order chi connectivity index (χ1) is 15.0. The van der Waals surface area contributed by atoms with Crippen molar-refractivity contribution in [1.82, 2.24) is 15.1 Å². The number of rotatable bonds is 8. The van der Waals surface area contributed by atoms with Crippen molar-refractivity contribution >= 4 is 17.5 Å². The molecule has 0 fully saturated rings. The van der Waals surface area contributed by atoms with Gasteiger partial charge in [0.25, 0.3) is 5.91 Å². The van der Waals surface area contributed by atoms with Crippen LogP contribution in [-0.4, -0.2) is 22.2 Å². The third-order valence-electron chi connectivity index (χ3n) is 4.90. The first kappa shape index (κ1) is 22.6. The lowest BCUT2D eigenvalue weighted by Crippen LogP contribution is -2.26. The molecule has 0 spiro atoms. The van der Waals surface area contributed by atoms with Gasteiger partial charge in [-0.3, -0.25) is 4.79 Å². The first-order valence-electron chi connectivity index (χ1n) is 10.4. The summed E-state index contributed by atoms with van der Waals surface area (Å²) in [4.78, 5) is 13.1. The molecule has 3 rings (SSSR count). The number of hydrogen-bond acceptors (Lipinski definition) is 2. The lowest BCUT2D eigenvalue weighted by atomic mass is 10.1. The van der Waals surface area contributed by atoms with Gasteiger partial charge in [0.15, 0.2) is 5.69 Å². The number of nitrogens with one attached hydrogen (secondary N) is 1. The Kier molecular flexibility index (Phi) is 7.85. The quantitative estimate of drug-likeness (QED) is 0.406. The van der Waals surface area contributed by atoms with Crippen molar-refractivity contribution in [3.63, 3.8) is 0 Å². The zero-order chi connectivity index (χ0) is 22.2. The van der Waals surface area contributed by atoms with E-state index in [1.54, 1.807) is 4.68 Å². The van der Waals surface area contributed by atoms with Gasteiger partial charge < -0.3 is 5.32 Å². The number of para-hydroxylation sites is 1. The van der Waals surface area contributed by atoms with Crippen LogP contribution in [0.15, 0.2) is 84.0 Å². The number of benzene rings is 2. The molecule has 0 saturated heterocycles. The number of carbonyl (C=O) groups is 1. The highest BCUT2D eigenvalue weighted by Crippen LogP contribution is 2.31. The molecule has 2 aromatic carbocycles. The molecule has 4 nitrogen and oxygen atoms in total. The Morgan fingerprint density at radius 3 is 2.29 bits per heavy atom. The fraction of sp³-hybridized carbons (Fsp3) is 0.231. The molecule has 0 saturated carbocycles. The number of nitrogens with zero attached hydrogens (tertiary/aromatic N) is 2. The maximum absolute atomic E-state index is 13.1. The van der Waals surface area contributed by atoms with Gasteiger partial charge in [0.05, 0.1) is 5.69 Å². The Morgan fingerprint density at radius 2 is 1.65 bits per heavy atom. The van der Waals surface area contributed by atoms with Crippen molar-refractivity contribution in [3.05, 3.63) is 94.7 Å². The summed E-state index contributed by atoms with van der Waals surface area (Å²) in [7, 11) is 0. The minimum Gasteiger partial charge on any atom is -0.347 e. The third kappa shape index (κ3) is 5.96. The average molecular weight is 434 g/mol. The minimum absolute atomic E-state index is 0.253. The van der Waals surface area contributed by atoms with Gasteiger partial charge in [-0.2, -0.15) is 5.10 Å². The highest BCUT2D eigenvalue weighted by Gasteiger charge is 2.23. The van der Waals surface area contributed by atoms with E-state index in [1.807, 2.05) is 66.7 Å². The lowest BCUT2D eigenvalue weighted by molar-refractivity contribution is 0.0950. The standard InChI is InChI=1S/C26H28ClN3O/c1-19(2)11-10-12-20(3)17-18-28-26(31)25-23(27)24(21-13-6-4-7-14-21)29-30(25)22-15-8-5-9-16-22/h4-9,11,13-17H,10,12,18H2,1-3H3,(H,28,31)/b20-17+. The molecule has 5 heteroatoms. The number of aromatic nitrogens is 2. The van der Waals surface area contributed by atoms with Crippen LogP contribution < -0.4 is 5.32 Å². The molecule has 0 bridgehead atoms. The van der Waals surface area contributed by atoms with E-state index in [0.29, 0.717) is 23.0 Å². The van der Waals surface area contributed by atoms with Crippen LogP contribution in [-0.2, 0) is 0 Å². The number of amides is 1. The Morgan fingerprint density at radius 1 is 1.00 bits per heavy atom. The van der Waals surface area contributed by atoms with E-state index in [-0.39, 0.29) is 5.91 Å². The van der Waals surface area contributed by atoms with Crippen molar-refractivity contribution in [2.45, 2.75) is 33.6 Å². The number of hydrogen-bond donors (Lipinski definition) is 1. The first-order valence-corrected chi connectivity index (χ1v) is 10.8. The molecule has 1 N–H and O–H groups in total. The van der Waals surface area contributed by atoms with Gasteiger partial charge in [0, 0.05) is 12.1 Å². The largest absolute Gasteiger partial charge is 0.347 e. The Hall–Kier alpha value is -3.11. The third-order valence-corrected chi connectivity index (χ3v) is 5.25. The Balaban J connectivity index is 1.84. The molecule has 0 aliphatic heterocycles. The number of halogens is 1. The van der Waals surface area contributed by atoms with Crippen LogP contribution in [0, 0.1) is 0 Å². The van der Waals surface area contributed by atoms with E-state index in [4.69, 9.17) is 11.6 Å². The van der Waals surface area contributed by atoms with Crippen molar-refractivity contribution in [3.8, 4) is 16.9 Å². The summed E-state index contributed by atoms with van der Waals surface area (Å²) in [6.07, 6.45) is 6.25. The van der Waals surface area contributed by atoms with Crippen LogP contribution in [0.4, 0.5) is 0 Å². The van der Waals surface area contributed by atoms with Gasteiger partial charge in [-0.05, 0) is 45.7 Å². The van der Waals surface area contributed by atoms with Crippen LogP contribution in [0.5, 0.6) is 0 Å². The normalized spacial score (nSPS) is 11.3. The summed E-state index contributed by atoms with van der Waals surface area (Å²) in [5.74, 6) is -0.253. The number of allylic oxidation sites excluding steroid dienone is 3. The molecular weight excluding hydrogens is 406 g/mol. The zero-order valence-corrected chi connectivity index (χ0v) is 19.0. The van der Waals surface area contributed by atoms with E-state index >= 15 is 0 Å². The minimum atomic E-state index is -0.253. The molecule has 0 atom stereocenters. The van der Waals surface area contributed by atoms with E-state index in [2.05, 4.69) is 37.3 Å². The van der Waals surface area contributed by atoms with Gasteiger partial charge in [-0.1, -0.05) is 83.4 Å². The van der Waals surface area contributed by atoms with Gasteiger partial charge in [-0.25, -0.2) is 4.68 Å². The molecule has 31 heavy (non-hydrogen) atoms. The maximum Gasteiger partial charge on any atom is 0.271 e. The average Bonchev–Trinajstić information content (AvgIpc) is 3.12. The van der Waals surface area contributed by atoms with Crippen LogP contribution >= 0.6 is 11.6 Å². The molecule has 1 amide bonds. The fourth-order valence-corrected chi connectivity index (χ4v) is 3.54. The molecule has 1 heterocycles. The fourth-order valence-electron chi connectivity index (χ4n) is 3.22. The van der Waals surface area contributed by atoms with Gasteiger partial charge in [0.1, 0.15) is 10.7 Å². The van der Waals surface area contributed by atoms with E-state index in [0.717, 1.165) is 24.1 Å². The Labute approximate surface area is 189 Å². The number of carbonyl (C=O) groups excluding carboxylic acids is 1. The van der Waals surface area contributed by atoms with E-state index < -0.39 is 0 Å². The van der Waals surface area contributed by atoms with E-state index in [9.17, 15) is 4.79 Å². The van der Waals surface area contributed by atoms with Crippen LogP contribution in [0.1, 0.15) is 44.1 Å². The van der Waals surface area contributed by atoms with Crippen LogP contribution in [0.25, 0.3) is 16.9 Å². The van der Waals surface area contributed by atoms with Gasteiger partial charge in [-0.15, -0.1) is 0 Å². The molecule has 1 aromatic heterocycles. The molecule has 0 aliphatic carbocycles. The van der Waals surface area contributed by atoms with Gasteiger partial charge in [0.2, 0.25) is 0 Å². The Bertz CT molecular complexity index is 1080. The highest BCUT2D eigenvalue weighted by molar-refractivity contribution is 6.36. The molecule has 160 valence electrons. The predicted molar refractivity (Wildman–Crippen MR) is 129 cm³/mol. The van der Waals surface area contributed by atoms with Crippen molar-refractivity contribution in [2.24, 2.45) is 0 Å². The van der Waals surface area contributed by atoms with E-state index in [1.165, 1.54) is 11.1 Å². The predicted octanol–water partition coefficient (Wildman–Crippen LogP) is 6.62. The maximum atomic E-state index is 13.1. The summed E-state index contributed by atoms with van der Waals surface area (Å²) in [5.41, 5.74) is 5.13. The summed E-state index contributed by atoms with van der Waals surface area (Å²) in [5, 5.41) is 7.99. The van der Waals surface area contributed by atoms with Crippen LogP contribution in [0.3, 0.4) is 0 Å². The smallest absolute Gasteiger partial charge is 0.271 e. The molecule has 0 radical (unpaired) electrons. The van der Waals surface area contributed by atoms with Gasteiger partial charge >= 0.3 is 0 Å². The van der Waals surface area contributed by atoms with Crippen molar-refractivity contribution in [2.75, 3.05) is 6.54 Å². The second-order valence-corrected chi connectivity index (χ2v) is 8.08. The SMILES string of the molecule is CC(C)=CCC/C(C)=C/CNC(=O)c1c(Cl)c(-c2ccccc2)nn1-c1ccccc1. The summed E-state index contributed by atoms with van der Waals surface area (Å²) in [6, 6.07) is 19.2. The monoisotopic (exact) mass is 433 g/mol. The van der Waals surface area contributed by atoms with Crippen molar-refractivity contribution < 1.29 is 4.79 Å². The topological polar surface area (TPSA) is 46.9 Å². The molecule has 0 aliphatic rings. The molecule has 0 unspecified atom stereocenters. The molecular formula is C26H28ClN3O.